The molecule has 1 rings (SSSR count). The molecule has 0 unspecified atom stereocenters. The van der Waals surface area contributed by atoms with Crippen LogP contribution in [0.2, 0.25) is 0 Å². The highest BCUT2D eigenvalue weighted by molar-refractivity contribution is 9.11. The molecule has 64 valence electrons. The van der Waals surface area contributed by atoms with Gasteiger partial charge in [-0.1, -0.05) is 15.9 Å². The lowest BCUT2D eigenvalue weighted by molar-refractivity contribution is 0.107. The number of hydrogen-bond donors (Lipinski definition) is 0. The second kappa shape index (κ2) is 3.85. The summed E-state index contributed by atoms with van der Waals surface area (Å²) in [6.07, 6.45) is 0. The monoisotopic (exact) mass is 314 g/mol. The van der Waals surface area contributed by atoms with Gasteiger partial charge < -0.3 is 0 Å². The van der Waals surface area contributed by atoms with Gasteiger partial charge in [0.15, 0.2) is 0 Å². The zero-order valence-corrected chi connectivity index (χ0v) is 9.50. The van der Waals surface area contributed by atoms with E-state index in [1.165, 1.54) is 6.07 Å². The molecule has 0 aliphatic heterocycles. The van der Waals surface area contributed by atoms with E-state index < -0.39 is 11.1 Å². The first-order valence-corrected chi connectivity index (χ1v) is 4.83. The fourth-order valence-electron chi connectivity index (χ4n) is 0.730. The Kier molecular flexibility index (Phi) is 3.26. The van der Waals surface area contributed by atoms with Gasteiger partial charge in [-0.3, -0.25) is 4.79 Å². The van der Waals surface area contributed by atoms with E-state index in [-0.39, 0.29) is 5.56 Å². The number of carbonyl (C=O) groups excluding carboxylic acids is 1. The number of benzene rings is 1. The van der Waals surface area contributed by atoms with Crippen LogP contribution in [0, 0.1) is 5.82 Å². The molecule has 0 radical (unpaired) electrons. The third kappa shape index (κ3) is 2.06. The molecule has 12 heavy (non-hydrogen) atoms. The summed E-state index contributed by atoms with van der Waals surface area (Å²) in [5.74, 6) is -0.642. The van der Waals surface area contributed by atoms with Crippen molar-refractivity contribution < 1.29 is 9.18 Å². The SMILES string of the molecule is O=C(Cl)c1c(F)cc(Br)cc1Br. The van der Waals surface area contributed by atoms with E-state index in [4.69, 9.17) is 11.6 Å². The molecule has 0 aliphatic rings. The average molecular weight is 316 g/mol. The third-order valence-corrected chi connectivity index (χ3v) is 2.48. The van der Waals surface area contributed by atoms with Crippen molar-refractivity contribution in [3.8, 4) is 0 Å². The lowest BCUT2D eigenvalue weighted by Crippen LogP contribution is -1.95. The first-order chi connectivity index (χ1) is 5.52. The molecule has 0 amide bonds. The first-order valence-electron chi connectivity index (χ1n) is 2.86. The minimum absolute atomic E-state index is 0.139. The maximum absolute atomic E-state index is 13.0. The third-order valence-electron chi connectivity index (χ3n) is 1.20. The van der Waals surface area contributed by atoms with Gasteiger partial charge in [-0.25, -0.2) is 4.39 Å². The van der Waals surface area contributed by atoms with Crippen LogP contribution in [0.25, 0.3) is 0 Å². The minimum Gasteiger partial charge on any atom is -0.275 e. The van der Waals surface area contributed by atoms with Gasteiger partial charge in [-0.15, -0.1) is 0 Å². The van der Waals surface area contributed by atoms with E-state index >= 15 is 0 Å². The van der Waals surface area contributed by atoms with E-state index in [1.807, 2.05) is 0 Å². The fraction of sp³-hybridized carbons (Fsp3) is 0. The number of hydrogen-bond acceptors (Lipinski definition) is 1. The van der Waals surface area contributed by atoms with Crippen LogP contribution < -0.4 is 0 Å². The van der Waals surface area contributed by atoms with Crippen molar-refractivity contribution in [3.05, 3.63) is 32.5 Å². The Morgan fingerprint density at radius 1 is 1.42 bits per heavy atom. The van der Waals surface area contributed by atoms with Gasteiger partial charge >= 0.3 is 0 Å². The lowest BCUT2D eigenvalue weighted by atomic mass is 10.2. The predicted octanol–water partition coefficient (Wildman–Crippen LogP) is 3.73. The molecule has 1 aromatic rings. The lowest BCUT2D eigenvalue weighted by Gasteiger charge is -2.00. The summed E-state index contributed by atoms with van der Waals surface area (Å²) in [7, 11) is 0. The Morgan fingerprint density at radius 3 is 2.42 bits per heavy atom. The second-order valence-corrected chi connectivity index (χ2v) is 4.13. The standard InChI is InChI=1S/C7H2Br2ClFO/c8-3-1-4(9)6(7(10)12)5(11)2-3/h1-2H. The van der Waals surface area contributed by atoms with Crippen molar-refractivity contribution in [2.45, 2.75) is 0 Å². The molecule has 0 fully saturated rings. The first kappa shape index (κ1) is 10.2. The Hall–Kier alpha value is 0.0700. The molecule has 0 atom stereocenters. The van der Waals surface area contributed by atoms with Crippen LogP contribution in [0.5, 0.6) is 0 Å². The summed E-state index contributed by atoms with van der Waals surface area (Å²) < 4.78 is 13.9. The van der Waals surface area contributed by atoms with Gasteiger partial charge in [0.1, 0.15) is 5.82 Å². The minimum atomic E-state index is -0.813. The molecule has 0 saturated carbocycles. The van der Waals surface area contributed by atoms with Crippen LogP contribution >= 0.6 is 43.5 Å². The largest absolute Gasteiger partial charge is 0.275 e. The Morgan fingerprint density at radius 2 is 2.00 bits per heavy atom. The maximum atomic E-state index is 13.0. The summed E-state index contributed by atoms with van der Waals surface area (Å²) in [5, 5.41) is -0.813. The maximum Gasteiger partial charge on any atom is 0.256 e. The Bertz CT molecular complexity index is 317. The van der Waals surface area contributed by atoms with Crippen LogP contribution in [-0.2, 0) is 0 Å². The molecule has 1 nitrogen and oxygen atoms in total. The second-order valence-electron chi connectivity index (χ2n) is 2.02. The van der Waals surface area contributed by atoms with Gasteiger partial charge in [-0.05, 0) is 39.7 Å². The predicted molar refractivity (Wildman–Crippen MR) is 52.0 cm³/mol. The van der Waals surface area contributed by atoms with E-state index in [2.05, 4.69) is 31.9 Å². The highest BCUT2D eigenvalue weighted by Crippen LogP contribution is 2.26. The van der Waals surface area contributed by atoms with Crippen molar-refractivity contribution in [3.63, 3.8) is 0 Å². The molecule has 0 spiro atoms. The Labute approximate surface area is 90.2 Å². The highest BCUT2D eigenvalue weighted by atomic mass is 79.9. The van der Waals surface area contributed by atoms with Crippen molar-refractivity contribution in [2.75, 3.05) is 0 Å². The van der Waals surface area contributed by atoms with Crippen molar-refractivity contribution in [1.82, 2.24) is 0 Å². The van der Waals surface area contributed by atoms with E-state index in [0.29, 0.717) is 8.95 Å². The van der Waals surface area contributed by atoms with Crippen molar-refractivity contribution in [2.24, 2.45) is 0 Å². The molecule has 0 N–H and O–H groups in total. The molecule has 5 heteroatoms. The average Bonchev–Trinajstić information content (AvgIpc) is 1.82. The zero-order valence-electron chi connectivity index (χ0n) is 5.57. The fourth-order valence-corrected chi connectivity index (χ4v) is 2.39. The molecule has 0 heterocycles. The smallest absolute Gasteiger partial charge is 0.256 e. The van der Waals surface area contributed by atoms with Gasteiger partial charge in [0, 0.05) is 8.95 Å². The van der Waals surface area contributed by atoms with Crippen LogP contribution in [0.4, 0.5) is 4.39 Å². The normalized spacial score (nSPS) is 10.0. The molecular formula is C7H2Br2ClFO. The molecule has 0 aliphatic carbocycles. The van der Waals surface area contributed by atoms with Crippen LogP contribution in [0.1, 0.15) is 10.4 Å². The summed E-state index contributed by atoms with van der Waals surface area (Å²) in [6, 6.07) is 2.74. The Balaban J connectivity index is 3.38. The summed E-state index contributed by atoms with van der Waals surface area (Å²) in [5.41, 5.74) is -0.139. The zero-order chi connectivity index (χ0) is 9.30. The number of rotatable bonds is 1. The van der Waals surface area contributed by atoms with Crippen LogP contribution in [0.15, 0.2) is 21.1 Å². The highest BCUT2D eigenvalue weighted by Gasteiger charge is 2.13. The topological polar surface area (TPSA) is 17.1 Å². The van der Waals surface area contributed by atoms with Crippen LogP contribution in [-0.4, -0.2) is 5.24 Å². The van der Waals surface area contributed by atoms with Crippen LogP contribution in [0.3, 0.4) is 0 Å². The summed E-state index contributed by atoms with van der Waals surface area (Å²) >= 11 is 11.2. The van der Waals surface area contributed by atoms with Gasteiger partial charge in [-0.2, -0.15) is 0 Å². The van der Waals surface area contributed by atoms with E-state index in [1.54, 1.807) is 6.07 Å². The number of carbonyl (C=O) groups is 1. The molecule has 0 bridgehead atoms. The van der Waals surface area contributed by atoms with Crippen molar-refractivity contribution in [1.29, 1.82) is 0 Å². The molecule has 1 aromatic carbocycles. The quantitative estimate of drug-likeness (QED) is 0.722. The number of halogens is 4. The molecule has 0 aromatic heterocycles. The molecular weight excluding hydrogens is 314 g/mol. The van der Waals surface area contributed by atoms with Gasteiger partial charge in [0.2, 0.25) is 0 Å². The van der Waals surface area contributed by atoms with Gasteiger partial charge in [0.05, 0.1) is 5.56 Å². The summed E-state index contributed by atoms with van der Waals surface area (Å²) in [4.78, 5) is 10.7. The summed E-state index contributed by atoms with van der Waals surface area (Å²) in [6.45, 7) is 0. The molecule has 0 saturated heterocycles. The van der Waals surface area contributed by atoms with Crippen molar-refractivity contribution >= 4 is 48.7 Å². The van der Waals surface area contributed by atoms with E-state index in [0.717, 1.165) is 0 Å². The van der Waals surface area contributed by atoms with E-state index in [9.17, 15) is 9.18 Å². The van der Waals surface area contributed by atoms with Gasteiger partial charge in [0.25, 0.3) is 5.24 Å².